The van der Waals surface area contributed by atoms with Crippen LogP contribution >= 0.6 is 7.82 Å². The first kappa shape index (κ1) is 71.0. The average molecular weight is 1060 g/mol. The van der Waals surface area contributed by atoms with Crippen molar-refractivity contribution in [3.8, 4) is 0 Å². The number of hydrogen-bond donors (Lipinski definition) is 1. The minimum atomic E-state index is -4.48. The van der Waals surface area contributed by atoms with Crippen molar-refractivity contribution in [3.63, 3.8) is 0 Å². The van der Waals surface area contributed by atoms with Gasteiger partial charge in [0.2, 0.25) is 0 Å². The number of unbranched alkanes of at least 4 members (excludes halogenated alkanes) is 26. The van der Waals surface area contributed by atoms with Gasteiger partial charge >= 0.3 is 31.7 Å². The summed E-state index contributed by atoms with van der Waals surface area (Å²) < 4.78 is 46.2. The fourth-order valence-electron chi connectivity index (χ4n) is 9.07. The lowest BCUT2D eigenvalue weighted by Crippen LogP contribution is -2.30. The maximum atomic E-state index is 13.0. The molecule has 0 rings (SSSR count). The van der Waals surface area contributed by atoms with E-state index in [1.807, 2.05) is 18.7 Å². The van der Waals surface area contributed by atoms with E-state index in [1.54, 1.807) is 0 Å². The van der Waals surface area contributed by atoms with Gasteiger partial charge in [0.05, 0.1) is 13.2 Å². The van der Waals surface area contributed by atoms with E-state index < -0.39 is 32.5 Å². The van der Waals surface area contributed by atoms with Gasteiger partial charge in [0, 0.05) is 32.2 Å². The molecule has 0 aliphatic heterocycles. The minimum Gasteiger partial charge on any atom is -0.462 e. The van der Waals surface area contributed by atoms with E-state index in [2.05, 4.69) is 27.7 Å². The van der Waals surface area contributed by atoms with Gasteiger partial charge in [0.1, 0.15) is 18.8 Å². The van der Waals surface area contributed by atoms with Gasteiger partial charge in [-0.1, -0.05) is 196 Å². The number of carbonyl (C=O) groups is 4. The van der Waals surface area contributed by atoms with Crippen molar-refractivity contribution in [1.29, 1.82) is 0 Å². The maximum Gasteiger partial charge on any atom is 0.472 e. The van der Waals surface area contributed by atoms with Gasteiger partial charge in [-0.25, -0.2) is 4.57 Å². The molecule has 0 aromatic carbocycles. The van der Waals surface area contributed by atoms with Crippen LogP contribution < -0.4 is 0 Å². The maximum absolute atomic E-state index is 13.0. The summed E-state index contributed by atoms with van der Waals surface area (Å²) in [5, 5.41) is 0. The summed E-state index contributed by atoms with van der Waals surface area (Å²) in [5.74, 6) is -1.30. The molecule has 0 spiro atoms. The highest BCUT2D eigenvalue weighted by atomic mass is 31.2. The van der Waals surface area contributed by atoms with Gasteiger partial charge in [-0.05, 0) is 90.1 Å². The van der Waals surface area contributed by atoms with Crippen LogP contribution in [0.5, 0.6) is 0 Å². The smallest absolute Gasteiger partial charge is 0.462 e. The lowest BCUT2D eigenvalue weighted by atomic mass is 10.0. The molecule has 73 heavy (non-hydrogen) atoms. The van der Waals surface area contributed by atoms with Gasteiger partial charge < -0.3 is 28.7 Å². The number of phosphoric ester groups is 1. The molecule has 0 radical (unpaired) electrons. The molecule has 0 aliphatic carbocycles. The summed E-state index contributed by atoms with van der Waals surface area (Å²) in [6, 6.07) is 0. The van der Waals surface area contributed by atoms with Gasteiger partial charge in [0.15, 0.2) is 6.10 Å². The van der Waals surface area contributed by atoms with Crippen LogP contribution in [0.2, 0.25) is 0 Å². The molecule has 1 N–H and O–H groups in total. The zero-order valence-electron chi connectivity index (χ0n) is 48.1. The summed E-state index contributed by atoms with van der Waals surface area (Å²) in [6.45, 7) is 14.0. The summed E-state index contributed by atoms with van der Waals surface area (Å²) in [6.07, 6.45) is 38.2. The van der Waals surface area contributed by atoms with Gasteiger partial charge in [-0.3, -0.25) is 28.2 Å². The minimum absolute atomic E-state index is 0.00613. The highest BCUT2D eigenvalue weighted by molar-refractivity contribution is 7.47. The average Bonchev–Trinajstić information content (AvgIpc) is 3.37. The molecular formula is C59H114NO12P. The van der Waals surface area contributed by atoms with Crippen LogP contribution in [0.1, 0.15) is 298 Å². The topological polar surface area (TPSA) is 164 Å². The highest BCUT2D eigenvalue weighted by Crippen LogP contribution is 2.43. The van der Waals surface area contributed by atoms with Crippen LogP contribution in [0.15, 0.2) is 0 Å². The Kier molecular flexibility index (Phi) is 50.6. The number of rotatable bonds is 56. The Morgan fingerprint density at radius 3 is 1.03 bits per heavy atom. The quantitative estimate of drug-likeness (QED) is 0.0265. The van der Waals surface area contributed by atoms with Crippen LogP contribution in [0, 0.1) is 0 Å². The van der Waals surface area contributed by atoms with Crippen molar-refractivity contribution in [2.24, 2.45) is 0 Å². The predicted octanol–water partition coefficient (Wildman–Crippen LogP) is 16.4. The number of hydrogen-bond acceptors (Lipinski definition) is 12. The molecule has 0 saturated carbocycles. The van der Waals surface area contributed by atoms with Crippen molar-refractivity contribution in [2.45, 2.75) is 317 Å². The summed E-state index contributed by atoms with van der Waals surface area (Å²) in [4.78, 5) is 63.9. The van der Waals surface area contributed by atoms with Gasteiger partial charge in [-0.15, -0.1) is 0 Å². The zero-order valence-corrected chi connectivity index (χ0v) is 49.0. The second-order valence-corrected chi connectivity index (χ2v) is 22.2. The molecule has 2 unspecified atom stereocenters. The Balaban J connectivity index is 4.97. The van der Waals surface area contributed by atoms with Gasteiger partial charge in [-0.2, -0.15) is 0 Å². The van der Waals surface area contributed by atoms with E-state index >= 15 is 0 Å². The second kappa shape index (κ2) is 52.0. The van der Waals surface area contributed by atoms with Crippen LogP contribution in [0.3, 0.4) is 0 Å². The number of carbonyl (C=O) groups excluding carboxylic acids is 4. The lowest BCUT2D eigenvalue weighted by molar-refractivity contribution is -0.161. The number of nitrogens with zero attached hydrogens (tertiary/aromatic N) is 1. The van der Waals surface area contributed by atoms with E-state index in [4.69, 9.17) is 28.0 Å². The van der Waals surface area contributed by atoms with Crippen molar-refractivity contribution < 1.29 is 56.6 Å². The van der Waals surface area contributed by atoms with Crippen LogP contribution in [-0.2, 0) is 51.7 Å². The Bertz CT molecular complexity index is 1300. The third-order valence-corrected chi connectivity index (χ3v) is 14.8. The van der Waals surface area contributed by atoms with E-state index in [1.165, 1.54) is 128 Å². The van der Waals surface area contributed by atoms with E-state index in [0.29, 0.717) is 51.5 Å². The second-order valence-electron chi connectivity index (χ2n) is 20.7. The van der Waals surface area contributed by atoms with Crippen LogP contribution in [-0.4, -0.2) is 91.4 Å². The van der Waals surface area contributed by atoms with Crippen molar-refractivity contribution >= 4 is 31.7 Å². The largest absolute Gasteiger partial charge is 0.472 e. The first-order valence-corrected chi connectivity index (χ1v) is 32.0. The SMILES string of the molecule is CCCCCCCCC(CCCCCCCC)OC(=O)CCCCCCC(=O)OCC(COP(=O)(O)OCCN(CC)CC)OC(=O)CCCCCCC(=O)OC(CCCCCCCC)CCCCCCCC. The Morgan fingerprint density at radius 1 is 0.384 bits per heavy atom. The Morgan fingerprint density at radius 2 is 0.685 bits per heavy atom. The molecule has 432 valence electrons. The number of phosphoric acid groups is 1. The standard InChI is InChI=1S/C59H114NO12P/c1-7-13-17-21-25-33-41-53(42-34-26-22-18-14-8-2)70-57(62)46-38-30-29-37-45-56(61)67-51-55(52-69-73(65,66)68-50-49-60(11-5)12-6)72-59(64)48-40-32-31-39-47-58(63)71-54(43-35-27-23-19-15-9-3)44-36-28-24-20-16-10-4/h53-55H,7-52H2,1-6H3,(H,65,66). The third-order valence-electron chi connectivity index (χ3n) is 13.8. The lowest BCUT2D eigenvalue weighted by Gasteiger charge is -2.21. The Hall–Kier alpha value is -2.05. The van der Waals surface area contributed by atoms with E-state index in [-0.39, 0.29) is 50.2 Å². The molecule has 13 nitrogen and oxygen atoms in total. The molecule has 0 saturated heterocycles. The summed E-state index contributed by atoms with van der Waals surface area (Å²) >= 11 is 0. The molecule has 0 amide bonds. The summed E-state index contributed by atoms with van der Waals surface area (Å²) in [7, 11) is -4.48. The Labute approximate surface area is 447 Å². The van der Waals surface area contributed by atoms with Crippen molar-refractivity contribution in [1.82, 2.24) is 4.90 Å². The fraction of sp³-hybridized carbons (Fsp3) is 0.932. The molecule has 0 aromatic heterocycles. The molecule has 0 bridgehead atoms. The first-order chi connectivity index (χ1) is 35.4. The van der Waals surface area contributed by atoms with Crippen molar-refractivity contribution in [2.75, 3.05) is 39.5 Å². The molecular weight excluding hydrogens is 946 g/mol. The van der Waals surface area contributed by atoms with Gasteiger partial charge in [0.25, 0.3) is 0 Å². The number of ether oxygens (including phenoxy) is 4. The molecule has 2 atom stereocenters. The molecule has 0 aliphatic rings. The molecule has 0 aromatic rings. The van der Waals surface area contributed by atoms with Crippen LogP contribution in [0.25, 0.3) is 0 Å². The molecule has 0 heterocycles. The third kappa shape index (κ3) is 48.1. The van der Waals surface area contributed by atoms with E-state index in [0.717, 1.165) is 83.7 Å². The fourth-order valence-corrected chi connectivity index (χ4v) is 9.81. The number of esters is 4. The monoisotopic (exact) mass is 1060 g/mol. The number of likely N-dealkylation sites (N-methyl/N-ethyl adjacent to an activating group) is 1. The van der Waals surface area contributed by atoms with Crippen molar-refractivity contribution in [3.05, 3.63) is 0 Å². The first-order valence-electron chi connectivity index (χ1n) is 30.5. The molecule has 14 heteroatoms. The summed E-state index contributed by atoms with van der Waals surface area (Å²) in [5.41, 5.74) is 0. The van der Waals surface area contributed by atoms with Crippen LogP contribution in [0.4, 0.5) is 0 Å². The normalized spacial score (nSPS) is 12.9. The predicted molar refractivity (Wildman–Crippen MR) is 297 cm³/mol. The highest BCUT2D eigenvalue weighted by Gasteiger charge is 2.26. The molecule has 0 fully saturated rings. The van der Waals surface area contributed by atoms with E-state index in [9.17, 15) is 28.6 Å². The zero-order chi connectivity index (χ0) is 53.9.